The lowest BCUT2D eigenvalue weighted by Gasteiger charge is -2.41. The highest BCUT2D eigenvalue weighted by Gasteiger charge is 2.43. The number of likely N-dealkylation sites (tertiary alicyclic amines) is 1. The van der Waals surface area contributed by atoms with Gasteiger partial charge in [-0.2, -0.15) is 0 Å². The van der Waals surface area contributed by atoms with Crippen molar-refractivity contribution in [2.75, 3.05) is 55.5 Å². The fourth-order valence-corrected chi connectivity index (χ4v) is 8.35. The molecule has 1 fully saturated rings. The normalized spacial score (nSPS) is 18.6. The van der Waals surface area contributed by atoms with E-state index in [1.54, 1.807) is 49.8 Å². The smallest absolute Gasteiger partial charge is 0.307 e. The fraction of sp³-hybridized carbons (Fsp3) is 0.727. The van der Waals surface area contributed by atoms with Gasteiger partial charge in [0.2, 0.25) is 23.6 Å². The molecule has 1 heterocycles. The van der Waals surface area contributed by atoms with E-state index >= 15 is 0 Å². The van der Waals surface area contributed by atoms with E-state index in [2.05, 4.69) is 5.32 Å². The van der Waals surface area contributed by atoms with E-state index in [4.69, 9.17) is 9.47 Å². The Morgan fingerprint density at radius 3 is 2.00 bits per heavy atom. The molecule has 1 saturated heterocycles. The van der Waals surface area contributed by atoms with Crippen molar-refractivity contribution in [1.82, 2.24) is 24.9 Å². The highest BCUT2D eigenvalue weighted by atomic mass is 16.5. The molecule has 1 aliphatic heterocycles. The Morgan fingerprint density at radius 2 is 1.50 bits per heavy atom. The van der Waals surface area contributed by atoms with Gasteiger partial charge in [0.25, 0.3) is 0 Å². The number of methoxy groups -OCH3 is 2. The Labute approximate surface area is 347 Å². The summed E-state index contributed by atoms with van der Waals surface area (Å²) >= 11 is 0. The van der Waals surface area contributed by atoms with Crippen molar-refractivity contribution >= 4 is 35.4 Å². The average Bonchev–Trinajstić information content (AvgIpc) is 3.65. The van der Waals surface area contributed by atoms with Crippen LogP contribution in [0.3, 0.4) is 0 Å². The number of likely N-dealkylation sites (N-methyl/N-ethyl adjacent to an activating group) is 3. The number of nitrogens with zero attached hydrogens (tertiary/aromatic N) is 4. The molecule has 1 aliphatic rings. The maximum atomic E-state index is 14.4. The van der Waals surface area contributed by atoms with Crippen LogP contribution in [0.5, 0.6) is 0 Å². The zero-order chi connectivity index (χ0) is 44.0. The van der Waals surface area contributed by atoms with Gasteiger partial charge in [-0.05, 0) is 56.7 Å². The molecule has 0 aromatic heterocycles. The summed E-state index contributed by atoms with van der Waals surface area (Å²) < 4.78 is 11.9. The van der Waals surface area contributed by atoms with Crippen LogP contribution in [-0.2, 0) is 44.7 Å². The van der Waals surface area contributed by atoms with Gasteiger partial charge < -0.3 is 39.5 Å². The van der Waals surface area contributed by atoms with E-state index in [0.29, 0.717) is 25.8 Å². The number of carbonyl (C=O) groups is 6. The average molecular weight is 816 g/mol. The molecule has 14 nitrogen and oxygen atoms in total. The molecule has 0 unspecified atom stereocenters. The molecule has 2 rings (SSSR count). The van der Waals surface area contributed by atoms with E-state index in [9.17, 15) is 33.9 Å². The Balaban J connectivity index is 2.30. The van der Waals surface area contributed by atoms with Crippen molar-refractivity contribution < 1.29 is 43.3 Å². The molecular formula is C44H73N5O9. The molecule has 4 amide bonds. The molecule has 9 atom stereocenters. The molecule has 0 aliphatic carbocycles. The summed E-state index contributed by atoms with van der Waals surface area (Å²) in [6.45, 7) is 13.8. The number of nitrogens with one attached hydrogen (secondary N) is 1. The third kappa shape index (κ3) is 13.6. The first kappa shape index (κ1) is 50.3. The minimum atomic E-state index is -1.04. The summed E-state index contributed by atoms with van der Waals surface area (Å²) in [5.74, 6) is -4.59. The van der Waals surface area contributed by atoms with Crippen LogP contribution >= 0.6 is 0 Å². The zero-order valence-corrected chi connectivity index (χ0v) is 37.4. The van der Waals surface area contributed by atoms with Gasteiger partial charge in [-0.25, -0.2) is 0 Å². The molecule has 328 valence electrons. The predicted octanol–water partition coefficient (Wildman–Crippen LogP) is 3.99. The second-order valence-corrected chi connectivity index (χ2v) is 17.1. The third-order valence-corrected chi connectivity index (χ3v) is 11.9. The molecule has 1 aromatic rings. The number of benzene rings is 1. The largest absolute Gasteiger partial charge is 0.481 e. The summed E-state index contributed by atoms with van der Waals surface area (Å²) in [6, 6.07) is 6.57. The number of aliphatic carboxylic acids is 1. The number of Topliss-reactive ketones (excluding diaryl/α,β-unsaturated/α-hetero) is 1. The molecule has 1 aromatic carbocycles. The molecule has 14 heteroatoms. The molecule has 0 bridgehead atoms. The van der Waals surface area contributed by atoms with Crippen LogP contribution in [0, 0.1) is 29.6 Å². The maximum Gasteiger partial charge on any atom is 0.307 e. The minimum Gasteiger partial charge on any atom is -0.481 e. The van der Waals surface area contributed by atoms with Gasteiger partial charge in [-0.15, -0.1) is 0 Å². The van der Waals surface area contributed by atoms with Crippen molar-refractivity contribution in [2.45, 2.75) is 123 Å². The summed E-state index contributed by atoms with van der Waals surface area (Å²) in [5.41, 5.74) is 0.836. The van der Waals surface area contributed by atoms with Crippen molar-refractivity contribution in [2.24, 2.45) is 29.6 Å². The summed E-state index contributed by atoms with van der Waals surface area (Å²) in [6.07, 6.45) is 0.684. The fourth-order valence-electron chi connectivity index (χ4n) is 8.35. The molecule has 0 spiro atoms. The number of hydrogen-bond donors (Lipinski definition) is 2. The van der Waals surface area contributed by atoms with Gasteiger partial charge in [-0.3, -0.25) is 28.8 Å². The molecule has 58 heavy (non-hydrogen) atoms. The Kier molecular flexibility index (Phi) is 20.5. The zero-order valence-electron chi connectivity index (χ0n) is 37.4. The number of carboxylic acids is 1. The Bertz CT molecular complexity index is 1510. The lowest BCUT2D eigenvalue weighted by molar-refractivity contribution is -0.149. The van der Waals surface area contributed by atoms with E-state index < -0.39 is 60.1 Å². The minimum absolute atomic E-state index is 0.0382. The molecular weight excluding hydrogens is 743 g/mol. The number of carboxylic acid groups (broad SMARTS) is 1. The number of hydrogen-bond acceptors (Lipinski definition) is 9. The summed E-state index contributed by atoms with van der Waals surface area (Å²) in [5, 5.41) is 12.9. The molecule has 0 saturated carbocycles. The van der Waals surface area contributed by atoms with E-state index in [-0.39, 0.29) is 67.1 Å². The second-order valence-electron chi connectivity index (χ2n) is 17.1. The van der Waals surface area contributed by atoms with Crippen LogP contribution < -0.4 is 5.32 Å². The van der Waals surface area contributed by atoms with Crippen molar-refractivity contribution in [3.8, 4) is 0 Å². The van der Waals surface area contributed by atoms with Gasteiger partial charge in [0.15, 0.2) is 0 Å². The quantitative estimate of drug-likeness (QED) is 0.156. The second kappa shape index (κ2) is 23.6. The van der Waals surface area contributed by atoms with Crippen LogP contribution in [0.2, 0.25) is 0 Å². The number of ether oxygens (including phenoxy) is 2. The number of amides is 4. The van der Waals surface area contributed by atoms with Gasteiger partial charge in [0.05, 0.1) is 43.2 Å². The SMILES string of the molecule is CC[C@H](C)[C@@H]([C@@H](CC(=O)N1CCC[C@H]1[C@H](OC)[C@@H](C)C(=O)C[C@@H](Cc1ccccc1)C(=O)O)OC)N(C)C(=O)[C@@H](NC(=O)[C@H](C(C)C)N(C)C(=O)CN(C)C)C(C)C. The third-order valence-electron chi connectivity index (χ3n) is 11.9. The van der Waals surface area contributed by atoms with Crippen LogP contribution in [0.25, 0.3) is 0 Å². The number of ketones is 1. The monoisotopic (exact) mass is 816 g/mol. The van der Waals surface area contributed by atoms with Gasteiger partial charge in [0, 0.05) is 47.2 Å². The van der Waals surface area contributed by atoms with Crippen LogP contribution in [-0.4, -0.2) is 152 Å². The first-order chi connectivity index (χ1) is 27.2. The number of rotatable bonds is 24. The number of carbonyl (C=O) groups excluding carboxylic acids is 5. The summed E-state index contributed by atoms with van der Waals surface area (Å²) in [4.78, 5) is 87.8. The highest BCUT2D eigenvalue weighted by molar-refractivity contribution is 5.93. The van der Waals surface area contributed by atoms with Gasteiger partial charge >= 0.3 is 5.97 Å². The Morgan fingerprint density at radius 1 is 0.879 bits per heavy atom. The molecule has 0 radical (unpaired) electrons. The van der Waals surface area contributed by atoms with Crippen molar-refractivity contribution in [3.05, 3.63) is 35.9 Å². The van der Waals surface area contributed by atoms with Gasteiger partial charge in [-0.1, -0.05) is 85.2 Å². The highest BCUT2D eigenvalue weighted by Crippen LogP contribution is 2.31. The maximum absolute atomic E-state index is 14.4. The standard InChI is InChI=1S/C44H73N5O9/c1-14-29(6)40(48(11)43(54)38(27(2)3)45-42(53)39(28(4)5)47(10)37(52)26-46(8)9)35(57-12)25-36(51)49-22-18-21-33(49)41(58-13)30(7)34(50)24-32(44(55)56)23-31-19-16-15-17-20-31/h15-17,19-20,27-30,32-33,35,38-41H,14,18,21-26H2,1-13H3,(H,45,53)(H,55,56)/t29-,30-,32+,33-,35+,38-,39-,40-,41+/m0/s1. The van der Waals surface area contributed by atoms with Crippen LogP contribution in [0.1, 0.15) is 86.1 Å². The predicted molar refractivity (Wildman–Crippen MR) is 224 cm³/mol. The van der Waals surface area contributed by atoms with Gasteiger partial charge in [0.1, 0.15) is 17.9 Å². The topological polar surface area (TPSA) is 166 Å². The van der Waals surface area contributed by atoms with E-state index in [1.165, 1.54) is 19.1 Å². The first-order valence-corrected chi connectivity index (χ1v) is 20.8. The first-order valence-electron chi connectivity index (χ1n) is 20.8. The lowest BCUT2D eigenvalue weighted by atomic mass is 9.85. The van der Waals surface area contributed by atoms with Crippen molar-refractivity contribution in [3.63, 3.8) is 0 Å². The van der Waals surface area contributed by atoms with Crippen LogP contribution in [0.15, 0.2) is 30.3 Å². The lowest BCUT2D eigenvalue weighted by Crippen LogP contribution is -2.60. The van der Waals surface area contributed by atoms with Crippen molar-refractivity contribution in [1.29, 1.82) is 0 Å². The summed E-state index contributed by atoms with van der Waals surface area (Å²) in [7, 11) is 9.89. The van der Waals surface area contributed by atoms with E-state index in [0.717, 1.165) is 5.56 Å². The molecule has 2 N–H and O–H groups in total. The van der Waals surface area contributed by atoms with Crippen LogP contribution in [0.4, 0.5) is 0 Å². The van der Waals surface area contributed by atoms with E-state index in [1.807, 2.05) is 71.9 Å². The Hall–Kier alpha value is -3.88.